The molecule has 4 heteroatoms. The molecule has 0 bridgehead atoms. The number of hydrogen-bond donors (Lipinski definition) is 2. The first kappa shape index (κ1) is 20.0. The molecular weight excluding hydrogens is 396 g/mol. The van der Waals surface area contributed by atoms with Crippen molar-refractivity contribution in [3.63, 3.8) is 0 Å². The van der Waals surface area contributed by atoms with Gasteiger partial charge in [0.2, 0.25) is 0 Å². The summed E-state index contributed by atoms with van der Waals surface area (Å²) in [4.78, 5) is 10.9. The van der Waals surface area contributed by atoms with Crippen LogP contribution in [-0.2, 0) is 4.79 Å². The highest BCUT2D eigenvalue weighted by atomic mass is 16.4. The Morgan fingerprint density at radius 1 is 0.938 bits per heavy atom. The van der Waals surface area contributed by atoms with Crippen molar-refractivity contribution in [3.05, 3.63) is 107 Å². The van der Waals surface area contributed by atoms with E-state index in [0.29, 0.717) is 5.92 Å². The molecule has 2 N–H and O–H groups in total. The third-order valence-electron chi connectivity index (χ3n) is 6.21. The van der Waals surface area contributed by atoms with E-state index in [0.717, 1.165) is 22.0 Å². The van der Waals surface area contributed by atoms with Crippen molar-refractivity contribution in [1.82, 2.24) is 10.2 Å². The lowest BCUT2D eigenvalue weighted by Crippen LogP contribution is -2.15. The van der Waals surface area contributed by atoms with E-state index in [1.807, 2.05) is 18.3 Å². The Kier molecular flexibility index (Phi) is 5.42. The van der Waals surface area contributed by atoms with Crippen LogP contribution < -0.4 is 0 Å². The Labute approximate surface area is 186 Å². The SMILES string of the molecule is O=C(O)/C=C/c1ccc(/C(=C(\c2ccccc2)C2CCC2)c2ccc3[nH]ncc3c2)cc1. The standard InChI is InChI=1S/C28H24N2O2/c31-26(32)16-11-19-9-12-22(13-10-19)28(23-14-15-25-24(17-23)18-29-30-25)27(21-7-4-8-21)20-5-2-1-3-6-20/h1-3,5-6,9-18,21H,4,7-8H2,(H,29,30)(H,31,32)/b16-11+,28-27-. The Morgan fingerprint density at radius 2 is 1.69 bits per heavy atom. The molecule has 1 aliphatic rings. The number of carboxylic acids is 1. The van der Waals surface area contributed by atoms with Crippen LogP contribution >= 0.6 is 0 Å². The summed E-state index contributed by atoms with van der Waals surface area (Å²) in [5.74, 6) is -0.418. The number of aromatic amines is 1. The monoisotopic (exact) mass is 420 g/mol. The molecule has 158 valence electrons. The molecule has 0 atom stereocenters. The van der Waals surface area contributed by atoms with E-state index in [4.69, 9.17) is 5.11 Å². The van der Waals surface area contributed by atoms with Crippen LogP contribution in [0, 0.1) is 5.92 Å². The molecule has 5 rings (SSSR count). The van der Waals surface area contributed by atoms with Crippen molar-refractivity contribution >= 4 is 34.1 Å². The van der Waals surface area contributed by atoms with Crippen molar-refractivity contribution in [2.24, 2.45) is 5.92 Å². The number of carbonyl (C=O) groups is 1. The Morgan fingerprint density at radius 3 is 2.38 bits per heavy atom. The quantitative estimate of drug-likeness (QED) is 0.279. The number of nitrogens with zero attached hydrogens (tertiary/aromatic N) is 1. The van der Waals surface area contributed by atoms with Crippen molar-refractivity contribution in [3.8, 4) is 0 Å². The molecular formula is C28H24N2O2. The molecule has 1 fully saturated rings. The van der Waals surface area contributed by atoms with Crippen molar-refractivity contribution in [2.45, 2.75) is 19.3 Å². The molecule has 32 heavy (non-hydrogen) atoms. The van der Waals surface area contributed by atoms with Crippen LogP contribution in [0.25, 0.3) is 28.1 Å². The Hall–Kier alpha value is -3.92. The first-order chi connectivity index (χ1) is 15.7. The number of fused-ring (bicyclic) bond motifs is 1. The smallest absolute Gasteiger partial charge is 0.328 e. The van der Waals surface area contributed by atoms with Crippen LogP contribution in [-0.4, -0.2) is 21.3 Å². The van der Waals surface area contributed by atoms with Crippen LogP contribution in [0.4, 0.5) is 0 Å². The molecule has 0 spiro atoms. The average Bonchev–Trinajstić information content (AvgIpc) is 3.25. The van der Waals surface area contributed by atoms with Crippen LogP contribution in [0.1, 0.15) is 41.5 Å². The highest BCUT2D eigenvalue weighted by molar-refractivity contribution is 6.01. The average molecular weight is 421 g/mol. The summed E-state index contributed by atoms with van der Waals surface area (Å²) in [6.45, 7) is 0. The Bertz CT molecular complexity index is 1310. The highest BCUT2D eigenvalue weighted by Gasteiger charge is 2.27. The summed E-state index contributed by atoms with van der Waals surface area (Å²) < 4.78 is 0. The maximum absolute atomic E-state index is 10.9. The number of hydrogen-bond acceptors (Lipinski definition) is 2. The van der Waals surface area contributed by atoms with Crippen molar-refractivity contribution in [1.29, 1.82) is 0 Å². The van der Waals surface area contributed by atoms with Gasteiger partial charge in [0.1, 0.15) is 0 Å². The third-order valence-corrected chi connectivity index (χ3v) is 6.21. The third kappa shape index (κ3) is 4.00. The maximum Gasteiger partial charge on any atom is 0.328 e. The largest absolute Gasteiger partial charge is 0.478 e. The lowest BCUT2D eigenvalue weighted by atomic mass is 9.73. The van der Waals surface area contributed by atoms with E-state index in [9.17, 15) is 4.79 Å². The minimum Gasteiger partial charge on any atom is -0.478 e. The van der Waals surface area contributed by atoms with Gasteiger partial charge in [0.25, 0.3) is 0 Å². The van der Waals surface area contributed by atoms with Gasteiger partial charge in [0.15, 0.2) is 0 Å². The summed E-state index contributed by atoms with van der Waals surface area (Å²) in [5.41, 5.74) is 8.06. The van der Waals surface area contributed by atoms with Gasteiger partial charge in [0, 0.05) is 11.5 Å². The number of aromatic nitrogens is 2. The topological polar surface area (TPSA) is 66.0 Å². The van der Waals surface area contributed by atoms with Crippen LogP contribution in [0.5, 0.6) is 0 Å². The molecule has 1 aliphatic carbocycles. The van der Waals surface area contributed by atoms with Gasteiger partial charge < -0.3 is 5.11 Å². The van der Waals surface area contributed by atoms with Gasteiger partial charge in [-0.05, 0) is 70.4 Å². The lowest BCUT2D eigenvalue weighted by molar-refractivity contribution is -0.131. The van der Waals surface area contributed by atoms with E-state index >= 15 is 0 Å². The predicted octanol–water partition coefficient (Wildman–Crippen LogP) is 6.42. The molecule has 4 nitrogen and oxygen atoms in total. The molecule has 0 amide bonds. The normalized spacial score (nSPS) is 15.0. The van der Waals surface area contributed by atoms with E-state index in [2.05, 4.69) is 70.9 Å². The molecule has 1 saturated carbocycles. The number of aliphatic carboxylic acids is 1. The summed E-state index contributed by atoms with van der Waals surface area (Å²) in [6.07, 6.45) is 8.30. The summed E-state index contributed by atoms with van der Waals surface area (Å²) in [6, 6.07) is 25.3. The number of carboxylic acid groups (broad SMARTS) is 1. The number of allylic oxidation sites excluding steroid dienone is 1. The second kappa shape index (κ2) is 8.67. The fourth-order valence-electron chi connectivity index (χ4n) is 4.40. The van der Waals surface area contributed by atoms with Crippen molar-refractivity contribution < 1.29 is 9.90 Å². The zero-order chi connectivity index (χ0) is 21.9. The number of H-pyrrole nitrogens is 1. The molecule has 0 unspecified atom stereocenters. The second-order valence-electron chi connectivity index (χ2n) is 8.25. The molecule has 1 heterocycles. The molecule has 0 radical (unpaired) electrons. The number of rotatable bonds is 6. The zero-order valence-electron chi connectivity index (χ0n) is 17.7. The van der Waals surface area contributed by atoms with Gasteiger partial charge in [0.05, 0.1) is 11.7 Å². The summed E-state index contributed by atoms with van der Waals surface area (Å²) in [5, 5.41) is 17.2. The minimum absolute atomic E-state index is 0.527. The summed E-state index contributed by atoms with van der Waals surface area (Å²) in [7, 11) is 0. The van der Waals surface area contributed by atoms with E-state index in [1.54, 1.807) is 6.08 Å². The summed E-state index contributed by atoms with van der Waals surface area (Å²) >= 11 is 0. The van der Waals surface area contributed by atoms with Crippen molar-refractivity contribution in [2.75, 3.05) is 0 Å². The van der Waals surface area contributed by atoms with E-state index in [-0.39, 0.29) is 0 Å². The van der Waals surface area contributed by atoms with Gasteiger partial charge in [-0.1, -0.05) is 67.1 Å². The predicted molar refractivity (Wildman–Crippen MR) is 129 cm³/mol. The van der Waals surface area contributed by atoms with Gasteiger partial charge >= 0.3 is 5.97 Å². The first-order valence-electron chi connectivity index (χ1n) is 10.9. The van der Waals surface area contributed by atoms with Gasteiger partial charge in [-0.3, -0.25) is 5.10 Å². The van der Waals surface area contributed by atoms with Crippen LogP contribution in [0.3, 0.4) is 0 Å². The fourth-order valence-corrected chi connectivity index (χ4v) is 4.40. The van der Waals surface area contributed by atoms with Gasteiger partial charge in [-0.25, -0.2) is 4.79 Å². The first-order valence-corrected chi connectivity index (χ1v) is 10.9. The minimum atomic E-state index is -0.945. The molecule has 0 saturated heterocycles. The fraction of sp³-hybridized carbons (Fsp3) is 0.143. The Balaban J connectivity index is 1.71. The molecule has 1 aromatic heterocycles. The van der Waals surface area contributed by atoms with E-state index < -0.39 is 5.97 Å². The highest BCUT2D eigenvalue weighted by Crippen LogP contribution is 2.45. The van der Waals surface area contributed by atoms with Gasteiger partial charge in [-0.15, -0.1) is 0 Å². The van der Waals surface area contributed by atoms with Crippen LogP contribution in [0.2, 0.25) is 0 Å². The van der Waals surface area contributed by atoms with Crippen LogP contribution in [0.15, 0.2) is 85.1 Å². The maximum atomic E-state index is 10.9. The molecule has 0 aliphatic heterocycles. The molecule has 4 aromatic rings. The number of nitrogens with one attached hydrogen (secondary N) is 1. The molecule has 3 aromatic carbocycles. The lowest BCUT2D eigenvalue weighted by Gasteiger charge is -2.31. The number of benzene rings is 3. The second-order valence-corrected chi connectivity index (χ2v) is 8.25. The van der Waals surface area contributed by atoms with E-state index in [1.165, 1.54) is 47.6 Å². The van der Waals surface area contributed by atoms with Gasteiger partial charge in [-0.2, -0.15) is 5.10 Å². The zero-order valence-corrected chi connectivity index (χ0v) is 17.7.